The molecule has 1 amide bonds. The number of carbonyl (C=O) groups excluding carboxylic acids is 1. The number of ether oxygens (including phenoxy) is 1. The van der Waals surface area contributed by atoms with Crippen molar-refractivity contribution in [2.24, 2.45) is 0 Å². The summed E-state index contributed by atoms with van der Waals surface area (Å²) in [6.45, 7) is 4.61. The van der Waals surface area contributed by atoms with Gasteiger partial charge in [0.25, 0.3) is 0 Å². The fourth-order valence-corrected chi connectivity index (χ4v) is 4.23. The van der Waals surface area contributed by atoms with E-state index < -0.39 is 0 Å². The second kappa shape index (κ2) is 9.28. The van der Waals surface area contributed by atoms with Gasteiger partial charge in [-0.15, -0.1) is 0 Å². The Labute approximate surface area is 181 Å². The van der Waals surface area contributed by atoms with Gasteiger partial charge in [-0.1, -0.05) is 40.2 Å². The number of amides is 1. The van der Waals surface area contributed by atoms with Crippen LogP contribution in [0.3, 0.4) is 0 Å². The van der Waals surface area contributed by atoms with Crippen molar-refractivity contribution in [1.82, 2.24) is 15.1 Å². The average molecular weight is 458 g/mol. The molecule has 5 nitrogen and oxygen atoms in total. The first kappa shape index (κ1) is 20.4. The first-order valence-corrected chi connectivity index (χ1v) is 11.0. The molecule has 0 spiro atoms. The van der Waals surface area contributed by atoms with Gasteiger partial charge in [-0.05, 0) is 48.9 Å². The average Bonchev–Trinajstić information content (AvgIpc) is 3.51. The number of piperazine rings is 1. The molecule has 0 radical (unpaired) electrons. The smallest absolute Gasteiger partial charge is 0.236 e. The molecule has 1 saturated carbocycles. The highest BCUT2D eigenvalue weighted by atomic mass is 79.9. The molecule has 1 heterocycles. The lowest BCUT2D eigenvalue weighted by Gasteiger charge is -2.32. The monoisotopic (exact) mass is 457 g/mol. The molecule has 2 atom stereocenters. The van der Waals surface area contributed by atoms with Crippen molar-refractivity contribution in [2.75, 3.05) is 39.8 Å². The summed E-state index contributed by atoms with van der Waals surface area (Å²) in [4.78, 5) is 16.6. The molecule has 2 aliphatic rings. The van der Waals surface area contributed by atoms with E-state index in [0.717, 1.165) is 48.4 Å². The lowest BCUT2D eigenvalue weighted by atomic mass is 10.1. The van der Waals surface area contributed by atoms with Crippen molar-refractivity contribution >= 4 is 21.8 Å². The van der Waals surface area contributed by atoms with Crippen LogP contribution in [0, 0.1) is 0 Å². The van der Waals surface area contributed by atoms with Crippen LogP contribution in [0.2, 0.25) is 0 Å². The van der Waals surface area contributed by atoms with Crippen molar-refractivity contribution in [3.63, 3.8) is 0 Å². The summed E-state index contributed by atoms with van der Waals surface area (Å²) in [7, 11) is 2.10. The molecule has 0 bridgehead atoms. The topological polar surface area (TPSA) is 44.8 Å². The van der Waals surface area contributed by atoms with Crippen molar-refractivity contribution in [1.29, 1.82) is 0 Å². The van der Waals surface area contributed by atoms with Gasteiger partial charge in [-0.2, -0.15) is 0 Å². The molecule has 1 aliphatic carbocycles. The quantitative estimate of drug-likeness (QED) is 0.692. The second-order valence-corrected chi connectivity index (χ2v) is 8.92. The Hall–Kier alpha value is -1.89. The van der Waals surface area contributed by atoms with Crippen molar-refractivity contribution < 1.29 is 9.53 Å². The number of nitrogens with one attached hydrogen (secondary N) is 1. The first-order chi connectivity index (χ1) is 14.1. The molecular formula is C23H28BrN3O2. The third-order valence-corrected chi connectivity index (χ3v) is 6.26. The van der Waals surface area contributed by atoms with Gasteiger partial charge in [-0.3, -0.25) is 4.79 Å². The molecule has 1 N–H and O–H groups in total. The van der Waals surface area contributed by atoms with Crippen molar-refractivity contribution in [3.05, 3.63) is 64.1 Å². The summed E-state index contributed by atoms with van der Waals surface area (Å²) < 4.78 is 6.95. The molecule has 1 saturated heterocycles. The van der Waals surface area contributed by atoms with E-state index in [-0.39, 0.29) is 5.91 Å². The number of hydrogen-bond donors (Lipinski definition) is 1. The van der Waals surface area contributed by atoms with Crippen LogP contribution in [0.1, 0.15) is 23.5 Å². The van der Waals surface area contributed by atoms with E-state index in [0.29, 0.717) is 25.1 Å². The van der Waals surface area contributed by atoms with Crippen LogP contribution in [-0.4, -0.2) is 61.5 Å². The Morgan fingerprint density at radius 2 is 1.90 bits per heavy atom. The maximum absolute atomic E-state index is 12.4. The van der Waals surface area contributed by atoms with Gasteiger partial charge in [0.05, 0.1) is 6.54 Å². The molecule has 2 fully saturated rings. The molecule has 1 aliphatic heterocycles. The Bertz CT molecular complexity index is 834. The van der Waals surface area contributed by atoms with Gasteiger partial charge in [0.2, 0.25) is 5.91 Å². The maximum Gasteiger partial charge on any atom is 0.236 e. The van der Waals surface area contributed by atoms with Crippen LogP contribution < -0.4 is 10.1 Å². The zero-order valence-electron chi connectivity index (χ0n) is 16.8. The maximum atomic E-state index is 12.4. The number of nitrogens with zero attached hydrogens (tertiary/aromatic N) is 2. The highest BCUT2D eigenvalue weighted by molar-refractivity contribution is 9.10. The molecule has 0 unspecified atom stereocenters. The molecule has 0 aromatic heterocycles. The Balaban J connectivity index is 1.21. The Morgan fingerprint density at radius 3 is 2.62 bits per heavy atom. The second-order valence-electron chi connectivity index (χ2n) is 8.00. The summed E-state index contributed by atoms with van der Waals surface area (Å²) in [5.74, 6) is 1.60. The van der Waals surface area contributed by atoms with Gasteiger partial charge in [0.1, 0.15) is 12.4 Å². The van der Waals surface area contributed by atoms with E-state index in [2.05, 4.69) is 57.5 Å². The van der Waals surface area contributed by atoms with Gasteiger partial charge in [0.15, 0.2) is 0 Å². The zero-order chi connectivity index (χ0) is 20.2. The van der Waals surface area contributed by atoms with Crippen LogP contribution in [0.5, 0.6) is 5.75 Å². The number of benzene rings is 2. The predicted molar refractivity (Wildman–Crippen MR) is 118 cm³/mol. The van der Waals surface area contributed by atoms with E-state index in [1.807, 2.05) is 29.2 Å². The standard InChI is InChI=1S/C23H28BrN3O2/c1-26-9-11-27(12-10-26)23(28)15-25-22-14-21(22)18-5-7-20(8-6-18)29-16-17-3-2-4-19(24)13-17/h2-8,13,21-22,25H,9-12,14-16H2,1H3/t21-,22+/m0/s1. The number of rotatable bonds is 7. The minimum atomic E-state index is 0.222. The third-order valence-electron chi connectivity index (χ3n) is 5.76. The Morgan fingerprint density at radius 1 is 1.14 bits per heavy atom. The molecule has 2 aromatic carbocycles. The van der Waals surface area contributed by atoms with Gasteiger partial charge in [-0.25, -0.2) is 0 Å². The van der Waals surface area contributed by atoms with Gasteiger partial charge < -0.3 is 19.9 Å². The molecule has 29 heavy (non-hydrogen) atoms. The fraction of sp³-hybridized carbons (Fsp3) is 0.435. The minimum absolute atomic E-state index is 0.222. The highest BCUT2D eigenvalue weighted by Crippen LogP contribution is 2.41. The minimum Gasteiger partial charge on any atom is -0.489 e. The van der Waals surface area contributed by atoms with E-state index in [9.17, 15) is 4.79 Å². The normalized spacial score (nSPS) is 21.8. The number of likely N-dealkylation sites (N-methyl/N-ethyl adjacent to an activating group) is 1. The molecule has 6 heteroatoms. The Kier molecular flexibility index (Phi) is 6.53. The van der Waals surface area contributed by atoms with Crippen molar-refractivity contribution in [2.45, 2.75) is 25.0 Å². The first-order valence-electron chi connectivity index (χ1n) is 10.3. The molecule has 2 aromatic rings. The van der Waals surface area contributed by atoms with Gasteiger partial charge in [0, 0.05) is 42.6 Å². The van der Waals surface area contributed by atoms with Crippen LogP contribution in [0.4, 0.5) is 0 Å². The van der Waals surface area contributed by atoms with Crippen molar-refractivity contribution in [3.8, 4) is 5.75 Å². The van der Waals surface area contributed by atoms with Crippen LogP contribution >= 0.6 is 15.9 Å². The van der Waals surface area contributed by atoms with Crippen LogP contribution in [0.25, 0.3) is 0 Å². The summed E-state index contributed by atoms with van der Waals surface area (Å²) in [5, 5.41) is 3.44. The number of hydrogen-bond acceptors (Lipinski definition) is 4. The molecule has 154 valence electrons. The lowest BCUT2D eigenvalue weighted by Crippen LogP contribution is -2.49. The zero-order valence-corrected chi connectivity index (χ0v) is 18.4. The molecule has 4 rings (SSSR count). The SMILES string of the molecule is CN1CCN(C(=O)CN[C@@H]2C[C@H]2c2ccc(OCc3cccc(Br)c3)cc2)CC1. The molecular weight excluding hydrogens is 430 g/mol. The predicted octanol–water partition coefficient (Wildman–Crippen LogP) is 3.25. The van der Waals surface area contributed by atoms with E-state index in [4.69, 9.17) is 4.74 Å². The van der Waals surface area contributed by atoms with Crippen LogP contribution in [0.15, 0.2) is 53.0 Å². The van der Waals surface area contributed by atoms with Crippen LogP contribution in [-0.2, 0) is 11.4 Å². The number of carbonyl (C=O) groups is 1. The largest absolute Gasteiger partial charge is 0.489 e. The lowest BCUT2D eigenvalue weighted by molar-refractivity contribution is -0.131. The van der Waals surface area contributed by atoms with Gasteiger partial charge >= 0.3 is 0 Å². The summed E-state index contributed by atoms with van der Waals surface area (Å²) in [6, 6.07) is 16.9. The summed E-state index contributed by atoms with van der Waals surface area (Å²) >= 11 is 3.49. The van der Waals surface area contributed by atoms with E-state index in [1.54, 1.807) is 0 Å². The summed E-state index contributed by atoms with van der Waals surface area (Å²) in [5.41, 5.74) is 2.45. The highest BCUT2D eigenvalue weighted by Gasteiger charge is 2.38. The fourth-order valence-electron chi connectivity index (χ4n) is 3.78. The van der Waals surface area contributed by atoms with E-state index >= 15 is 0 Å². The third kappa shape index (κ3) is 5.59. The van der Waals surface area contributed by atoms with E-state index in [1.165, 1.54) is 5.56 Å². The number of halogens is 1. The summed E-state index contributed by atoms with van der Waals surface area (Å²) in [6.07, 6.45) is 1.09.